The van der Waals surface area contributed by atoms with Crippen molar-refractivity contribution in [2.45, 2.75) is 19.4 Å². The summed E-state index contributed by atoms with van der Waals surface area (Å²) in [6.45, 7) is 0.854. The number of carbonyl (C=O) groups excluding carboxylic acids is 1. The predicted molar refractivity (Wildman–Crippen MR) is 139 cm³/mol. The lowest BCUT2D eigenvalue weighted by Crippen LogP contribution is -2.27. The molecule has 3 aromatic rings. The zero-order valence-corrected chi connectivity index (χ0v) is 20.7. The van der Waals surface area contributed by atoms with Crippen LogP contribution >= 0.6 is 23.2 Å². The van der Waals surface area contributed by atoms with E-state index in [1.54, 1.807) is 24.4 Å². The second-order valence-corrected chi connectivity index (χ2v) is 9.01. The number of rotatable bonds is 8. The van der Waals surface area contributed by atoms with Gasteiger partial charge in [-0.1, -0.05) is 77.8 Å². The van der Waals surface area contributed by atoms with Crippen LogP contribution in [-0.4, -0.2) is 29.3 Å². The number of hydrogen-bond acceptors (Lipinski definition) is 4. The first-order valence-corrected chi connectivity index (χ1v) is 12.0. The van der Waals surface area contributed by atoms with Crippen molar-refractivity contribution >= 4 is 34.7 Å². The molecule has 1 aliphatic rings. The first-order chi connectivity index (χ1) is 17.0. The topological polar surface area (TPSA) is 73.2 Å². The Labute approximate surface area is 213 Å². The van der Waals surface area contributed by atoms with Crippen molar-refractivity contribution in [1.82, 2.24) is 15.1 Å². The van der Waals surface area contributed by atoms with Gasteiger partial charge in [0.1, 0.15) is 0 Å². The molecule has 0 saturated heterocycles. The summed E-state index contributed by atoms with van der Waals surface area (Å²) < 4.78 is 6.89. The first kappa shape index (κ1) is 24.8. The molecule has 0 saturated carbocycles. The molecule has 1 amide bonds. The Bertz CT molecular complexity index is 1310. The lowest BCUT2D eigenvalue weighted by Gasteiger charge is -2.18. The Morgan fingerprint density at radius 3 is 2.54 bits per heavy atom. The van der Waals surface area contributed by atoms with Gasteiger partial charge in [-0.25, -0.2) is 4.68 Å². The van der Waals surface area contributed by atoms with Gasteiger partial charge in [-0.15, -0.1) is 0 Å². The summed E-state index contributed by atoms with van der Waals surface area (Å²) in [4.78, 5) is 25.7. The summed E-state index contributed by atoms with van der Waals surface area (Å²) in [6.07, 6.45) is 9.08. The van der Waals surface area contributed by atoms with Gasteiger partial charge < -0.3 is 10.1 Å². The van der Waals surface area contributed by atoms with E-state index in [1.807, 2.05) is 42.5 Å². The van der Waals surface area contributed by atoms with Gasteiger partial charge in [0.25, 0.3) is 11.5 Å². The van der Waals surface area contributed by atoms with E-state index in [2.05, 4.69) is 16.5 Å². The highest BCUT2D eigenvalue weighted by molar-refractivity contribution is 6.39. The summed E-state index contributed by atoms with van der Waals surface area (Å²) in [5.41, 5.74) is 2.38. The lowest BCUT2D eigenvalue weighted by atomic mass is 9.91. The number of hydrogen-bond donors (Lipinski definition) is 1. The van der Waals surface area contributed by atoms with Gasteiger partial charge in [-0.2, -0.15) is 5.10 Å². The number of allylic oxidation sites excluding steroid dienone is 4. The van der Waals surface area contributed by atoms with Crippen LogP contribution in [0.25, 0.3) is 5.57 Å². The van der Waals surface area contributed by atoms with Gasteiger partial charge in [0.05, 0.1) is 41.0 Å². The van der Waals surface area contributed by atoms with Gasteiger partial charge in [0, 0.05) is 6.54 Å². The molecule has 0 bridgehead atoms. The number of carbonyl (C=O) groups is 1. The molecule has 35 heavy (non-hydrogen) atoms. The second kappa shape index (κ2) is 11.4. The smallest absolute Gasteiger partial charge is 0.278 e. The molecule has 1 atom stereocenters. The summed E-state index contributed by atoms with van der Waals surface area (Å²) >= 11 is 12.2. The third-order valence-electron chi connectivity index (χ3n) is 5.87. The highest BCUT2D eigenvalue weighted by atomic mass is 35.5. The van der Waals surface area contributed by atoms with Crippen molar-refractivity contribution < 1.29 is 9.53 Å². The van der Waals surface area contributed by atoms with Gasteiger partial charge >= 0.3 is 0 Å². The maximum absolute atomic E-state index is 13.2. The van der Waals surface area contributed by atoms with Crippen LogP contribution in [0, 0.1) is 5.92 Å². The van der Waals surface area contributed by atoms with E-state index in [-0.39, 0.29) is 22.9 Å². The van der Waals surface area contributed by atoms with Crippen LogP contribution in [0.2, 0.25) is 10.0 Å². The summed E-state index contributed by atoms with van der Waals surface area (Å²) in [5.74, 6) is 0.370. The number of amides is 1. The minimum absolute atomic E-state index is 0.202. The maximum atomic E-state index is 13.2. The molecule has 1 aliphatic carbocycles. The van der Waals surface area contributed by atoms with Crippen molar-refractivity contribution in [3.63, 3.8) is 0 Å². The first-order valence-electron chi connectivity index (χ1n) is 11.3. The molecule has 0 fully saturated rings. The maximum Gasteiger partial charge on any atom is 0.278 e. The van der Waals surface area contributed by atoms with Gasteiger partial charge in [-0.05, 0) is 42.0 Å². The largest absolute Gasteiger partial charge is 0.494 e. The van der Waals surface area contributed by atoms with Gasteiger partial charge in [0.15, 0.2) is 5.75 Å². The molecule has 180 valence electrons. The van der Waals surface area contributed by atoms with Crippen LogP contribution in [0.1, 0.15) is 34.3 Å². The number of nitrogens with one attached hydrogen (secondary N) is 1. The molecule has 6 nitrogen and oxygen atoms in total. The highest BCUT2D eigenvalue weighted by Crippen LogP contribution is 2.29. The Morgan fingerprint density at radius 2 is 1.89 bits per heavy atom. The number of aromatic nitrogens is 2. The predicted octanol–water partition coefficient (Wildman–Crippen LogP) is 5.39. The van der Waals surface area contributed by atoms with Crippen LogP contribution in [0.4, 0.5) is 0 Å². The Kier molecular flexibility index (Phi) is 8.06. The van der Waals surface area contributed by atoms with E-state index in [4.69, 9.17) is 27.9 Å². The number of methoxy groups -OCH3 is 1. The van der Waals surface area contributed by atoms with Crippen molar-refractivity contribution in [1.29, 1.82) is 0 Å². The zero-order chi connectivity index (χ0) is 24.8. The fourth-order valence-electron chi connectivity index (χ4n) is 4.00. The quantitative estimate of drug-likeness (QED) is 0.441. The monoisotopic (exact) mass is 509 g/mol. The van der Waals surface area contributed by atoms with Crippen molar-refractivity contribution in [2.75, 3.05) is 13.7 Å². The Balaban J connectivity index is 1.41. The average molecular weight is 510 g/mol. The highest BCUT2D eigenvalue weighted by Gasteiger charge is 2.19. The molecule has 0 spiro atoms. The molecule has 1 N–H and O–H groups in total. The molecular formula is C27H25Cl2N3O3. The molecule has 1 unspecified atom stereocenters. The third kappa shape index (κ3) is 5.84. The Hall–Kier alpha value is -3.35. The summed E-state index contributed by atoms with van der Waals surface area (Å²) in [5, 5.41) is 7.81. The van der Waals surface area contributed by atoms with Crippen LogP contribution in [0.5, 0.6) is 5.75 Å². The number of halogens is 2. The van der Waals surface area contributed by atoms with Crippen molar-refractivity contribution in [3.05, 3.63) is 110 Å². The average Bonchev–Trinajstić information content (AvgIpc) is 2.86. The minimum Gasteiger partial charge on any atom is -0.494 e. The molecule has 0 aliphatic heterocycles. The zero-order valence-electron chi connectivity index (χ0n) is 19.2. The van der Waals surface area contributed by atoms with Gasteiger partial charge in [-0.3, -0.25) is 9.59 Å². The molecule has 2 aromatic carbocycles. The van der Waals surface area contributed by atoms with E-state index in [1.165, 1.54) is 11.8 Å². The van der Waals surface area contributed by atoms with E-state index in [0.717, 1.165) is 24.0 Å². The SMILES string of the molecule is COc1cnn(Cc2ccccc2)c(=O)c1C1=CCC(CCNC(=O)c2c(Cl)cccc2Cl)C=C1. The van der Waals surface area contributed by atoms with Gasteiger partial charge in [0.2, 0.25) is 0 Å². The molecule has 8 heteroatoms. The van der Waals surface area contributed by atoms with Crippen molar-refractivity contribution in [3.8, 4) is 5.75 Å². The Morgan fingerprint density at radius 1 is 1.14 bits per heavy atom. The number of ether oxygens (including phenoxy) is 1. The van der Waals surface area contributed by atoms with E-state index in [0.29, 0.717) is 34.4 Å². The van der Waals surface area contributed by atoms with E-state index in [9.17, 15) is 9.59 Å². The van der Waals surface area contributed by atoms with Crippen LogP contribution < -0.4 is 15.6 Å². The summed E-state index contributed by atoms with van der Waals surface area (Å²) in [7, 11) is 1.53. The van der Waals surface area contributed by atoms with Crippen LogP contribution in [0.3, 0.4) is 0 Å². The van der Waals surface area contributed by atoms with E-state index < -0.39 is 0 Å². The van der Waals surface area contributed by atoms with E-state index >= 15 is 0 Å². The number of benzene rings is 2. The normalized spacial score (nSPS) is 14.9. The molecule has 1 aromatic heterocycles. The van der Waals surface area contributed by atoms with Crippen LogP contribution in [0.15, 0.2) is 77.8 Å². The van der Waals surface area contributed by atoms with Crippen LogP contribution in [-0.2, 0) is 6.54 Å². The number of nitrogens with zero attached hydrogens (tertiary/aromatic N) is 2. The lowest BCUT2D eigenvalue weighted by molar-refractivity contribution is 0.0952. The fraction of sp³-hybridized carbons (Fsp3) is 0.222. The molecule has 0 radical (unpaired) electrons. The second-order valence-electron chi connectivity index (χ2n) is 8.19. The third-order valence-corrected chi connectivity index (χ3v) is 6.50. The standard InChI is InChI=1S/C27H25Cl2N3O3/c1-35-23-16-31-32(17-19-6-3-2-4-7-19)27(34)24(23)20-12-10-18(11-13-20)14-15-30-26(33)25-21(28)8-5-9-22(25)29/h2-10,12-13,16,18H,11,14-15,17H2,1H3,(H,30,33). The summed E-state index contributed by atoms with van der Waals surface area (Å²) in [6, 6.07) is 14.7. The molecular weight excluding hydrogens is 485 g/mol. The minimum atomic E-state index is -0.294. The fourth-order valence-corrected chi connectivity index (χ4v) is 4.57. The molecule has 4 rings (SSSR count). The molecule has 1 heterocycles. The van der Waals surface area contributed by atoms with Crippen molar-refractivity contribution in [2.24, 2.45) is 5.92 Å².